The highest BCUT2D eigenvalue weighted by Gasteiger charge is 2.41. The summed E-state index contributed by atoms with van der Waals surface area (Å²) in [6, 6.07) is 31.6. The van der Waals surface area contributed by atoms with Crippen LogP contribution in [-0.2, 0) is 10.3 Å². The highest BCUT2D eigenvalue weighted by atomic mass is 16.5. The van der Waals surface area contributed by atoms with Crippen molar-refractivity contribution in [2.24, 2.45) is 0 Å². The van der Waals surface area contributed by atoms with Gasteiger partial charge in [0.15, 0.2) is 5.60 Å². The van der Waals surface area contributed by atoms with Crippen LogP contribution in [-0.4, -0.2) is 65.3 Å². The number of rotatable bonds is 5. The van der Waals surface area contributed by atoms with Crippen molar-refractivity contribution in [3.8, 4) is 5.75 Å². The topological polar surface area (TPSA) is 45.2 Å². The molecule has 0 N–H and O–H groups in total. The van der Waals surface area contributed by atoms with E-state index in [4.69, 9.17) is 9.47 Å². The summed E-state index contributed by atoms with van der Waals surface area (Å²) < 4.78 is 12.9. The molecule has 2 heterocycles. The van der Waals surface area contributed by atoms with Gasteiger partial charge in [0.2, 0.25) is 0 Å². The molecule has 2 aliphatic heterocycles. The SMILES string of the molecule is CN(C)c1ccc(C2(c3ccc(N(C)C)c4ccccc34)C=Cc3c(c(C(=O)N4CCOCC4)cc4ccccc34)O2)cc1. The molecule has 6 nitrogen and oxygen atoms in total. The number of carbonyl (C=O) groups excluding carboxylic acids is 1. The van der Waals surface area contributed by atoms with Crippen LogP contribution in [0.25, 0.3) is 27.6 Å². The molecule has 0 aromatic heterocycles. The van der Waals surface area contributed by atoms with Gasteiger partial charge in [-0.05, 0) is 52.6 Å². The molecule has 44 heavy (non-hydrogen) atoms. The van der Waals surface area contributed by atoms with E-state index in [0.29, 0.717) is 37.6 Å². The summed E-state index contributed by atoms with van der Waals surface area (Å²) in [6.45, 7) is 2.19. The maximum atomic E-state index is 14.2. The summed E-state index contributed by atoms with van der Waals surface area (Å²) in [5.74, 6) is 0.579. The zero-order valence-electron chi connectivity index (χ0n) is 25.7. The molecule has 0 radical (unpaired) electrons. The standard InChI is InChI=1S/C38H37N3O3/c1-39(2)28-15-13-27(14-16-28)38(34-17-18-35(40(3)4)31-12-8-7-11-30(31)34)20-19-32-29-10-6-5-9-26(29)25-33(36(32)44-38)37(42)41-21-23-43-24-22-41/h5-20,25H,21-24H2,1-4H3. The van der Waals surface area contributed by atoms with Gasteiger partial charge in [-0.2, -0.15) is 0 Å². The fraction of sp³-hybridized carbons (Fsp3) is 0.237. The summed E-state index contributed by atoms with van der Waals surface area (Å²) in [7, 11) is 8.22. The largest absolute Gasteiger partial charge is 0.472 e. The third-order valence-corrected chi connectivity index (χ3v) is 8.91. The first kappa shape index (κ1) is 28.0. The van der Waals surface area contributed by atoms with Gasteiger partial charge in [-0.1, -0.05) is 66.7 Å². The van der Waals surface area contributed by atoms with E-state index in [1.807, 2.05) is 37.2 Å². The van der Waals surface area contributed by atoms with Crippen molar-refractivity contribution in [2.75, 3.05) is 64.3 Å². The van der Waals surface area contributed by atoms with Crippen LogP contribution < -0.4 is 14.5 Å². The van der Waals surface area contributed by atoms with Gasteiger partial charge in [0.25, 0.3) is 5.91 Å². The first-order valence-corrected chi connectivity index (χ1v) is 15.2. The van der Waals surface area contributed by atoms with Crippen molar-refractivity contribution in [3.63, 3.8) is 0 Å². The smallest absolute Gasteiger partial charge is 0.257 e. The Morgan fingerprint density at radius 2 is 1.45 bits per heavy atom. The lowest BCUT2D eigenvalue weighted by Crippen LogP contribution is -2.41. The Morgan fingerprint density at radius 3 is 2.16 bits per heavy atom. The van der Waals surface area contributed by atoms with Crippen LogP contribution in [0.2, 0.25) is 0 Å². The number of carbonyl (C=O) groups is 1. The predicted octanol–water partition coefficient (Wildman–Crippen LogP) is 6.95. The number of anilines is 2. The number of nitrogens with zero attached hydrogens (tertiary/aromatic N) is 3. The van der Waals surface area contributed by atoms with Crippen LogP contribution in [0, 0.1) is 0 Å². The van der Waals surface area contributed by atoms with Crippen molar-refractivity contribution >= 4 is 44.9 Å². The number of amides is 1. The number of ether oxygens (including phenoxy) is 2. The molecule has 7 rings (SSSR count). The van der Waals surface area contributed by atoms with Crippen molar-refractivity contribution in [3.05, 3.63) is 119 Å². The summed E-state index contributed by atoms with van der Waals surface area (Å²) >= 11 is 0. The predicted molar refractivity (Wildman–Crippen MR) is 180 cm³/mol. The number of morpholine rings is 1. The van der Waals surface area contributed by atoms with E-state index in [1.54, 1.807) is 0 Å². The van der Waals surface area contributed by atoms with E-state index >= 15 is 0 Å². The Hall–Kier alpha value is -4.81. The molecule has 5 aromatic carbocycles. The van der Waals surface area contributed by atoms with E-state index < -0.39 is 5.60 Å². The Kier molecular flexibility index (Phi) is 7.02. The van der Waals surface area contributed by atoms with Gasteiger partial charge in [0.1, 0.15) is 5.75 Å². The average molecular weight is 584 g/mol. The first-order valence-electron chi connectivity index (χ1n) is 15.2. The van der Waals surface area contributed by atoms with Gasteiger partial charge >= 0.3 is 0 Å². The maximum Gasteiger partial charge on any atom is 0.257 e. The number of hydrogen-bond donors (Lipinski definition) is 0. The summed E-state index contributed by atoms with van der Waals surface area (Å²) in [6.07, 6.45) is 4.33. The monoisotopic (exact) mass is 583 g/mol. The van der Waals surface area contributed by atoms with Crippen molar-refractivity contribution in [2.45, 2.75) is 5.60 Å². The highest BCUT2D eigenvalue weighted by molar-refractivity contribution is 6.06. The van der Waals surface area contributed by atoms with Crippen LogP contribution in [0.5, 0.6) is 5.75 Å². The Morgan fingerprint density at radius 1 is 0.773 bits per heavy atom. The number of benzene rings is 5. The van der Waals surface area contributed by atoms with Gasteiger partial charge in [0, 0.05) is 74.7 Å². The lowest BCUT2D eigenvalue weighted by molar-refractivity contribution is 0.0297. The van der Waals surface area contributed by atoms with Gasteiger partial charge in [0.05, 0.1) is 18.8 Å². The number of fused-ring (bicyclic) bond motifs is 4. The van der Waals surface area contributed by atoms with E-state index in [9.17, 15) is 4.79 Å². The molecule has 0 saturated carbocycles. The van der Waals surface area contributed by atoms with E-state index in [2.05, 4.69) is 109 Å². The van der Waals surface area contributed by atoms with E-state index in [-0.39, 0.29) is 5.91 Å². The molecule has 0 aliphatic carbocycles. The van der Waals surface area contributed by atoms with Crippen LogP contribution in [0.3, 0.4) is 0 Å². The molecular weight excluding hydrogens is 546 g/mol. The minimum Gasteiger partial charge on any atom is -0.472 e. The summed E-state index contributed by atoms with van der Waals surface area (Å²) in [5, 5.41) is 4.32. The van der Waals surface area contributed by atoms with Gasteiger partial charge in [-0.25, -0.2) is 0 Å². The van der Waals surface area contributed by atoms with Crippen LogP contribution in [0.15, 0.2) is 97.1 Å². The molecule has 222 valence electrons. The second kappa shape index (κ2) is 11.0. The lowest BCUT2D eigenvalue weighted by atomic mass is 9.80. The first-order chi connectivity index (χ1) is 21.4. The Labute approximate surface area is 258 Å². The molecule has 1 amide bonds. The van der Waals surface area contributed by atoms with Crippen LogP contribution >= 0.6 is 0 Å². The zero-order chi connectivity index (χ0) is 30.4. The van der Waals surface area contributed by atoms with E-state index in [1.165, 1.54) is 0 Å². The molecule has 5 aromatic rings. The second-order valence-electron chi connectivity index (χ2n) is 12.0. The third kappa shape index (κ3) is 4.57. The summed E-state index contributed by atoms with van der Waals surface area (Å²) in [5.41, 5.74) is 4.78. The fourth-order valence-electron chi connectivity index (χ4n) is 6.58. The summed E-state index contributed by atoms with van der Waals surface area (Å²) in [4.78, 5) is 20.3. The van der Waals surface area contributed by atoms with Gasteiger partial charge < -0.3 is 24.2 Å². The van der Waals surface area contributed by atoms with Crippen molar-refractivity contribution in [1.29, 1.82) is 0 Å². The van der Waals surface area contributed by atoms with Gasteiger partial charge in [-0.3, -0.25) is 4.79 Å². The average Bonchev–Trinajstić information content (AvgIpc) is 3.07. The minimum atomic E-state index is -0.981. The fourth-order valence-corrected chi connectivity index (χ4v) is 6.58. The third-order valence-electron chi connectivity index (χ3n) is 8.91. The van der Waals surface area contributed by atoms with Gasteiger partial charge in [-0.15, -0.1) is 0 Å². The second-order valence-corrected chi connectivity index (χ2v) is 12.0. The Balaban J connectivity index is 1.50. The molecule has 0 spiro atoms. The molecule has 6 heteroatoms. The molecule has 1 atom stereocenters. The molecular formula is C38H37N3O3. The zero-order valence-corrected chi connectivity index (χ0v) is 25.7. The maximum absolute atomic E-state index is 14.2. The van der Waals surface area contributed by atoms with Crippen LogP contribution in [0.1, 0.15) is 27.0 Å². The highest BCUT2D eigenvalue weighted by Crippen LogP contribution is 2.48. The van der Waals surface area contributed by atoms with Crippen molar-refractivity contribution in [1.82, 2.24) is 4.90 Å². The molecule has 0 bridgehead atoms. The molecule has 1 saturated heterocycles. The molecule has 2 aliphatic rings. The normalized spacial score (nSPS) is 17.8. The number of hydrogen-bond acceptors (Lipinski definition) is 5. The minimum absolute atomic E-state index is 0.0322. The molecule has 1 fully saturated rings. The lowest BCUT2D eigenvalue weighted by Gasteiger charge is -2.39. The molecule has 1 unspecified atom stereocenters. The van der Waals surface area contributed by atoms with Crippen molar-refractivity contribution < 1.29 is 14.3 Å². The van der Waals surface area contributed by atoms with Crippen LogP contribution in [0.4, 0.5) is 11.4 Å². The Bertz CT molecular complexity index is 1910. The quantitative estimate of drug-likeness (QED) is 0.224. The van der Waals surface area contributed by atoms with E-state index in [0.717, 1.165) is 49.6 Å².